The topological polar surface area (TPSA) is 134 Å². The van der Waals surface area contributed by atoms with Crippen LogP contribution in [0.25, 0.3) is 0 Å². The Morgan fingerprint density at radius 2 is 1.44 bits per heavy atom. The number of hydrogen-bond acceptors (Lipinski definition) is 7. The number of nitrogens with zero attached hydrogens (tertiary/aromatic N) is 1. The Morgan fingerprint density at radius 1 is 0.867 bits per heavy atom. The van der Waals surface area contributed by atoms with E-state index in [0.29, 0.717) is 18.4 Å². The molecule has 0 bridgehead atoms. The van der Waals surface area contributed by atoms with Crippen LogP contribution < -0.4 is 10.6 Å². The fraction of sp³-hybridized carbons (Fsp3) is 0.543. The lowest BCUT2D eigenvalue weighted by atomic mass is 9.87. The summed E-state index contributed by atoms with van der Waals surface area (Å²) in [5.41, 5.74) is -0.290. The highest BCUT2D eigenvalue weighted by Gasteiger charge is 2.43. The van der Waals surface area contributed by atoms with Crippen LogP contribution in [0, 0.1) is 5.92 Å². The summed E-state index contributed by atoms with van der Waals surface area (Å²) >= 11 is 0. The summed E-state index contributed by atoms with van der Waals surface area (Å²) in [5.74, 6) is -1.94. The lowest BCUT2D eigenvalue weighted by Crippen LogP contribution is -2.59. The summed E-state index contributed by atoms with van der Waals surface area (Å²) in [6.45, 7) is 14.1. The van der Waals surface area contributed by atoms with Gasteiger partial charge in [-0.3, -0.25) is 9.59 Å². The van der Waals surface area contributed by atoms with E-state index < -0.39 is 53.2 Å². The Kier molecular flexibility index (Phi) is 11.6. The Morgan fingerprint density at radius 3 is 1.93 bits per heavy atom. The molecular weight excluding hydrogens is 574 g/mol. The molecule has 10 nitrogen and oxygen atoms in total. The van der Waals surface area contributed by atoms with Gasteiger partial charge in [-0.1, -0.05) is 56.3 Å². The highest BCUT2D eigenvalue weighted by atomic mass is 16.6. The zero-order chi connectivity index (χ0) is 33.5. The molecule has 246 valence electrons. The number of phenolic OH excluding ortho intramolecular Hbond substituents is 1. The van der Waals surface area contributed by atoms with Gasteiger partial charge in [-0.25, -0.2) is 9.59 Å². The van der Waals surface area contributed by atoms with Crippen molar-refractivity contribution < 1.29 is 33.8 Å². The lowest BCUT2D eigenvalue weighted by molar-refractivity contribution is -0.159. The zero-order valence-corrected chi connectivity index (χ0v) is 27.8. The van der Waals surface area contributed by atoms with E-state index in [1.807, 2.05) is 44.2 Å². The summed E-state index contributed by atoms with van der Waals surface area (Å²) < 4.78 is 11.1. The van der Waals surface area contributed by atoms with Crippen molar-refractivity contribution in [2.45, 2.75) is 116 Å². The maximum absolute atomic E-state index is 14.4. The molecule has 0 aliphatic heterocycles. The average Bonchev–Trinajstić information content (AvgIpc) is 2.89. The maximum Gasteiger partial charge on any atom is 0.408 e. The summed E-state index contributed by atoms with van der Waals surface area (Å²) in [4.78, 5) is 56.6. The summed E-state index contributed by atoms with van der Waals surface area (Å²) in [6.07, 6.45) is 1.66. The molecule has 1 fully saturated rings. The van der Waals surface area contributed by atoms with Gasteiger partial charge in [0.1, 0.15) is 35.1 Å². The third kappa shape index (κ3) is 10.5. The minimum atomic E-state index is -1.16. The molecule has 1 aliphatic carbocycles. The zero-order valence-electron chi connectivity index (χ0n) is 27.8. The molecule has 0 heterocycles. The van der Waals surface area contributed by atoms with Gasteiger partial charge in [0, 0.05) is 12.5 Å². The minimum Gasteiger partial charge on any atom is -0.508 e. The second-order valence-corrected chi connectivity index (χ2v) is 14.0. The van der Waals surface area contributed by atoms with Gasteiger partial charge in [-0.2, -0.15) is 0 Å². The molecule has 3 rings (SSSR count). The van der Waals surface area contributed by atoms with Crippen molar-refractivity contribution in [1.29, 1.82) is 0 Å². The number of phenols is 1. The third-order valence-corrected chi connectivity index (χ3v) is 7.35. The number of alkyl carbamates (subject to hydrolysis) is 1. The van der Waals surface area contributed by atoms with E-state index in [2.05, 4.69) is 10.6 Å². The molecule has 3 N–H and O–H groups in total. The van der Waals surface area contributed by atoms with Crippen LogP contribution in [0.2, 0.25) is 0 Å². The number of nitrogens with one attached hydrogen (secondary N) is 2. The SMILES string of the molecule is CC(C)C(NC(=O)OC(C)(C)C)C(=O)N(C1CCC1)C(C(=O)NC(Cc1ccccc1)C(=O)OC(C)(C)C)c1ccc(O)cc1. The first-order valence-electron chi connectivity index (χ1n) is 15.6. The van der Waals surface area contributed by atoms with E-state index in [1.165, 1.54) is 17.0 Å². The molecule has 0 saturated heterocycles. The highest BCUT2D eigenvalue weighted by molar-refractivity contribution is 5.94. The predicted octanol–water partition coefficient (Wildman–Crippen LogP) is 5.43. The van der Waals surface area contributed by atoms with Gasteiger partial charge in [-0.15, -0.1) is 0 Å². The van der Waals surface area contributed by atoms with Crippen molar-refractivity contribution >= 4 is 23.9 Å². The van der Waals surface area contributed by atoms with Gasteiger partial charge >= 0.3 is 12.1 Å². The number of amides is 3. The van der Waals surface area contributed by atoms with E-state index in [1.54, 1.807) is 53.7 Å². The molecule has 1 saturated carbocycles. The number of carbonyl (C=O) groups excluding carboxylic acids is 4. The first kappa shape index (κ1) is 35.4. The molecule has 0 aromatic heterocycles. The monoisotopic (exact) mass is 623 g/mol. The molecule has 3 atom stereocenters. The fourth-order valence-electron chi connectivity index (χ4n) is 5.05. The van der Waals surface area contributed by atoms with Crippen LogP contribution >= 0.6 is 0 Å². The number of hydrogen-bond donors (Lipinski definition) is 3. The molecule has 0 spiro atoms. The first-order chi connectivity index (χ1) is 20.9. The van der Waals surface area contributed by atoms with Crippen LogP contribution in [0.3, 0.4) is 0 Å². The van der Waals surface area contributed by atoms with Gasteiger partial charge in [0.15, 0.2) is 0 Å². The largest absolute Gasteiger partial charge is 0.508 e. The molecule has 2 aromatic rings. The maximum atomic E-state index is 14.4. The van der Waals surface area contributed by atoms with Gasteiger partial charge in [0.2, 0.25) is 11.8 Å². The van der Waals surface area contributed by atoms with E-state index in [4.69, 9.17) is 9.47 Å². The van der Waals surface area contributed by atoms with E-state index >= 15 is 0 Å². The standard InChI is InChI=1S/C35H49N3O7/c1-22(2)28(37-33(43)45-35(6,7)8)31(41)38(25-15-12-16-25)29(24-17-19-26(39)20-18-24)30(40)36-27(32(42)44-34(3,4)5)21-23-13-10-9-11-14-23/h9-11,13-14,17-20,22,25,27-29,39H,12,15-16,21H2,1-8H3,(H,36,40)(H,37,43). The molecule has 3 amide bonds. The molecule has 2 aromatic carbocycles. The van der Waals surface area contributed by atoms with Crippen LogP contribution in [0.15, 0.2) is 54.6 Å². The summed E-state index contributed by atoms with van der Waals surface area (Å²) in [7, 11) is 0. The second-order valence-electron chi connectivity index (χ2n) is 14.0. The molecular formula is C35H49N3O7. The van der Waals surface area contributed by atoms with Crippen molar-refractivity contribution in [3.05, 3.63) is 65.7 Å². The van der Waals surface area contributed by atoms with Crippen molar-refractivity contribution in [3.8, 4) is 5.75 Å². The number of aromatic hydroxyl groups is 1. The smallest absolute Gasteiger partial charge is 0.408 e. The van der Waals surface area contributed by atoms with Crippen LogP contribution in [0.5, 0.6) is 5.75 Å². The first-order valence-corrected chi connectivity index (χ1v) is 15.6. The lowest BCUT2D eigenvalue weighted by Gasteiger charge is -2.44. The van der Waals surface area contributed by atoms with Crippen molar-refractivity contribution in [2.24, 2.45) is 5.92 Å². The molecule has 0 radical (unpaired) electrons. The van der Waals surface area contributed by atoms with Crippen LogP contribution in [-0.2, 0) is 30.3 Å². The van der Waals surface area contributed by atoms with E-state index in [9.17, 15) is 24.3 Å². The average molecular weight is 624 g/mol. The van der Waals surface area contributed by atoms with Crippen LogP contribution in [0.4, 0.5) is 4.79 Å². The summed E-state index contributed by atoms with van der Waals surface area (Å²) in [6, 6.07) is 11.9. The predicted molar refractivity (Wildman–Crippen MR) is 171 cm³/mol. The third-order valence-electron chi connectivity index (χ3n) is 7.35. The number of benzene rings is 2. The van der Waals surface area contributed by atoms with E-state index in [-0.39, 0.29) is 24.1 Å². The van der Waals surface area contributed by atoms with E-state index in [0.717, 1.165) is 12.0 Å². The quantitative estimate of drug-likeness (QED) is 0.284. The highest BCUT2D eigenvalue weighted by Crippen LogP contribution is 2.35. The summed E-state index contributed by atoms with van der Waals surface area (Å²) in [5, 5.41) is 15.7. The van der Waals surface area contributed by atoms with Gasteiger partial charge in [0.25, 0.3) is 0 Å². The number of carbonyl (C=O) groups is 4. The van der Waals surface area contributed by atoms with Crippen LogP contribution in [0.1, 0.15) is 91.8 Å². The normalized spacial score (nSPS) is 15.7. The minimum absolute atomic E-state index is 0.00165. The number of ether oxygens (including phenoxy) is 2. The second kappa shape index (κ2) is 14.8. The Bertz CT molecular complexity index is 1310. The van der Waals surface area contributed by atoms with Crippen molar-refractivity contribution in [2.75, 3.05) is 0 Å². The fourth-order valence-corrected chi connectivity index (χ4v) is 5.05. The molecule has 45 heavy (non-hydrogen) atoms. The van der Waals surface area contributed by atoms with Crippen molar-refractivity contribution in [3.63, 3.8) is 0 Å². The van der Waals surface area contributed by atoms with Gasteiger partial charge in [0.05, 0.1) is 0 Å². The van der Waals surface area contributed by atoms with Gasteiger partial charge in [-0.05, 0) is 90.0 Å². The Hall–Kier alpha value is -4.08. The van der Waals surface area contributed by atoms with Crippen molar-refractivity contribution in [1.82, 2.24) is 15.5 Å². The molecule has 10 heteroatoms. The van der Waals surface area contributed by atoms with Crippen LogP contribution in [-0.4, -0.2) is 63.2 Å². The van der Waals surface area contributed by atoms with Gasteiger partial charge < -0.3 is 30.1 Å². The number of rotatable bonds is 11. The number of esters is 1. The molecule has 3 unspecified atom stereocenters. The Labute approximate surface area is 266 Å². The Balaban J connectivity index is 2.04. The molecule has 1 aliphatic rings.